The van der Waals surface area contributed by atoms with Gasteiger partial charge in [0, 0.05) is 30.4 Å². The van der Waals surface area contributed by atoms with Crippen LogP contribution >= 0.6 is 0 Å². The third kappa shape index (κ3) is 4.47. The van der Waals surface area contributed by atoms with Crippen LogP contribution in [0.2, 0.25) is 0 Å². The van der Waals surface area contributed by atoms with Crippen LogP contribution in [0.5, 0.6) is 0 Å². The maximum atomic E-state index is 14.8. The van der Waals surface area contributed by atoms with E-state index in [4.69, 9.17) is 9.47 Å². The number of halogens is 3. The highest BCUT2D eigenvalue weighted by Crippen LogP contribution is 2.36. The van der Waals surface area contributed by atoms with Crippen molar-refractivity contribution in [2.24, 2.45) is 5.92 Å². The van der Waals surface area contributed by atoms with Gasteiger partial charge in [-0.3, -0.25) is 0 Å². The summed E-state index contributed by atoms with van der Waals surface area (Å²) in [7, 11) is 1.66. The summed E-state index contributed by atoms with van der Waals surface area (Å²) in [5, 5.41) is 0. The van der Waals surface area contributed by atoms with E-state index in [1.807, 2.05) is 6.92 Å². The van der Waals surface area contributed by atoms with Crippen molar-refractivity contribution in [3.63, 3.8) is 0 Å². The standard InChI is InChI=1S/C23H25F3O2/c1-3-4-15-5-7-17(20(24)13-15)18-8-9-19(23(26)22(18)25)21-10-6-16(14-28-21)11-12-27-2/h3-5,7-9,13,16,21H,6,10-12,14H2,1-2H3/b4-3+. The highest BCUT2D eigenvalue weighted by Gasteiger charge is 2.27. The molecule has 1 fully saturated rings. The Hall–Kier alpha value is -2.11. The molecule has 1 aliphatic heterocycles. The number of benzene rings is 2. The maximum Gasteiger partial charge on any atom is 0.167 e. The molecule has 1 heterocycles. The number of hydrogen-bond donors (Lipinski definition) is 0. The minimum Gasteiger partial charge on any atom is -0.385 e. The van der Waals surface area contributed by atoms with Crippen LogP contribution in [-0.2, 0) is 9.47 Å². The third-order valence-corrected chi connectivity index (χ3v) is 5.20. The van der Waals surface area contributed by atoms with Crippen molar-refractivity contribution in [3.8, 4) is 11.1 Å². The minimum absolute atomic E-state index is 0.0420. The van der Waals surface area contributed by atoms with E-state index >= 15 is 0 Å². The lowest BCUT2D eigenvalue weighted by Gasteiger charge is -2.29. The molecule has 0 radical (unpaired) electrons. The molecular weight excluding hydrogens is 365 g/mol. The Labute approximate surface area is 164 Å². The summed E-state index contributed by atoms with van der Waals surface area (Å²) in [6.07, 6.45) is 5.43. The van der Waals surface area contributed by atoms with Crippen molar-refractivity contribution >= 4 is 6.08 Å². The summed E-state index contributed by atoms with van der Waals surface area (Å²) >= 11 is 0. The summed E-state index contributed by atoms with van der Waals surface area (Å²) in [5.41, 5.74) is 0.817. The molecular formula is C23H25F3O2. The van der Waals surface area contributed by atoms with Gasteiger partial charge in [0.15, 0.2) is 11.6 Å². The molecule has 5 heteroatoms. The van der Waals surface area contributed by atoms with Gasteiger partial charge in [-0.2, -0.15) is 0 Å². The molecule has 2 aromatic carbocycles. The lowest BCUT2D eigenvalue weighted by molar-refractivity contribution is -0.0263. The second-order valence-electron chi connectivity index (χ2n) is 7.12. The number of allylic oxidation sites excluding steroid dienone is 1. The van der Waals surface area contributed by atoms with Gasteiger partial charge in [0.25, 0.3) is 0 Å². The van der Waals surface area contributed by atoms with Gasteiger partial charge in [0.1, 0.15) is 5.82 Å². The Morgan fingerprint density at radius 1 is 1.07 bits per heavy atom. The van der Waals surface area contributed by atoms with E-state index in [0.29, 0.717) is 31.1 Å². The zero-order valence-electron chi connectivity index (χ0n) is 16.2. The van der Waals surface area contributed by atoms with E-state index in [0.717, 1.165) is 12.8 Å². The van der Waals surface area contributed by atoms with Crippen molar-refractivity contribution in [1.29, 1.82) is 0 Å². The fourth-order valence-corrected chi connectivity index (χ4v) is 3.63. The first-order valence-corrected chi connectivity index (χ1v) is 9.56. The molecule has 0 aliphatic carbocycles. The van der Waals surface area contributed by atoms with E-state index in [-0.39, 0.29) is 16.7 Å². The van der Waals surface area contributed by atoms with Gasteiger partial charge in [0.05, 0.1) is 12.7 Å². The van der Waals surface area contributed by atoms with Gasteiger partial charge in [-0.25, -0.2) is 13.2 Å². The number of ether oxygens (including phenoxy) is 2. The van der Waals surface area contributed by atoms with Crippen molar-refractivity contribution in [2.75, 3.05) is 20.3 Å². The Morgan fingerprint density at radius 2 is 1.86 bits per heavy atom. The predicted octanol–water partition coefficient (Wildman–Crippen LogP) is 6.31. The highest BCUT2D eigenvalue weighted by molar-refractivity contribution is 5.67. The van der Waals surface area contributed by atoms with Gasteiger partial charge in [-0.05, 0) is 43.7 Å². The Kier molecular flexibility index (Phi) is 6.92. The molecule has 0 aromatic heterocycles. The van der Waals surface area contributed by atoms with Gasteiger partial charge < -0.3 is 9.47 Å². The monoisotopic (exact) mass is 390 g/mol. The smallest absolute Gasteiger partial charge is 0.167 e. The Balaban J connectivity index is 1.81. The predicted molar refractivity (Wildman–Crippen MR) is 104 cm³/mol. The van der Waals surface area contributed by atoms with Crippen LogP contribution in [0.1, 0.15) is 43.4 Å². The molecule has 28 heavy (non-hydrogen) atoms. The van der Waals surface area contributed by atoms with Crippen molar-refractivity contribution in [1.82, 2.24) is 0 Å². The number of hydrogen-bond acceptors (Lipinski definition) is 2. The van der Waals surface area contributed by atoms with Crippen molar-refractivity contribution < 1.29 is 22.6 Å². The summed E-state index contributed by atoms with van der Waals surface area (Å²) in [5.74, 6) is -2.22. The molecule has 1 saturated heterocycles. The molecule has 2 nitrogen and oxygen atoms in total. The topological polar surface area (TPSA) is 18.5 Å². The van der Waals surface area contributed by atoms with Crippen LogP contribution in [-0.4, -0.2) is 20.3 Å². The van der Waals surface area contributed by atoms with Crippen LogP contribution in [0, 0.1) is 23.4 Å². The highest BCUT2D eigenvalue weighted by atomic mass is 19.2. The first-order valence-electron chi connectivity index (χ1n) is 9.56. The zero-order chi connectivity index (χ0) is 20.1. The molecule has 2 aromatic rings. The largest absolute Gasteiger partial charge is 0.385 e. The fourth-order valence-electron chi connectivity index (χ4n) is 3.63. The molecule has 3 rings (SSSR count). The molecule has 2 atom stereocenters. The first-order chi connectivity index (χ1) is 13.5. The average molecular weight is 390 g/mol. The molecule has 2 unspecified atom stereocenters. The van der Waals surface area contributed by atoms with Crippen LogP contribution in [0.3, 0.4) is 0 Å². The number of methoxy groups -OCH3 is 1. The molecule has 0 amide bonds. The van der Waals surface area contributed by atoms with Gasteiger partial charge in [-0.15, -0.1) is 0 Å². The van der Waals surface area contributed by atoms with Crippen molar-refractivity contribution in [2.45, 2.75) is 32.3 Å². The molecule has 0 bridgehead atoms. The second-order valence-corrected chi connectivity index (χ2v) is 7.12. The molecule has 1 aliphatic rings. The summed E-state index contributed by atoms with van der Waals surface area (Å²) in [6.45, 7) is 2.99. The fraction of sp³-hybridized carbons (Fsp3) is 0.391. The van der Waals surface area contributed by atoms with Crippen molar-refractivity contribution in [3.05, 3.63) is 65.0 Å². The third-order valence-electron chi connectivity index (χ3n) is 5.20. The average Bonchev–Trinajstić information content (AvgIpc) is 2.70. The molecule has 150 valence electrons. The van der Waals surface area contributed by atoms with Gasteiger partial charge in [-0.1, -0.05) is 36.4 Å². The summed E-state index contributed by atoms with van der Waals surface area (Å²) in [4.78, 5) is 0. The van der Waals surface area contributed by atoms with Crippen LogP contribution < -0.4 is 0 Å². The van der Waals surface area contributed by atoms with E-state index in [2.05, 4.69) is 0 Å². The lowest BCUT2D eigenvalue weighted by Crippen LogP contribution is -2.22. The van der Waals surface area contributed by atoms with Gasteiger partial charge >= 0.3 is 0 Å². The van der Waals surface area contributed by atoms with E-state index in [1.54, 1.807) is 25.3 Å². The molecule has 0 spiro atoms. The lowest BCUT2D eigenvalue weighted by atomic mass is 9.91. The van der Waals surface area contributed by atoms with Crippen LogP contribution in [0.4, 0.5) is 13.2 Å². The maximum absolute atomic E-state index is 14.8. The minimum atomic E-state index is -1.04. The summed E-state index contributed by atoms with van der Waals surface area (Å²) in [6, 6.07) is 7.40. The van der Waals surface area contributed by atoms with E-state index < -0.39 is 23.6 Å². The first kappa shape index (κ1) is 20.6. The van der Waals surface area contributed by atoms with Gasteiger partial charge in [0.2, 0.25) is 0 Å². The summed E-state index contributed by atoms with van der Waals surface area (Å²) < 4.78 is 54.8. The Bertz CT molecular complexity index is 840. The zero-order valence-corrected chi connectivity index (χ0v) is 16.2. The molecule has 0 saturated carbocycles. The normalized spacial score (nSPS) is 20.0. The second kappa shape index (κ2) is 9.39. The van der Waals surface area contributed by atoms with Crippen LogP contribution in [0.25, 0.3) is 17.2 Å². The SMILES string of the molecule is C/C=C/c1ccc(-c2ccc(C3CCC(CCOC)CO3)c(F)c2F)c(F)c1. The Morgan fingerprint density at radius 3 is 2.50 bits per heavy atom. The quantitative estimate of drug-likeness (QED) is 0.576. The van der Waals surface area contributed by atoms with Crippen LogP contribution in [0.15, 0.2) is 36.4 Å². The van der Waals surface area contributed by atoms with E-state index in [9.17, 15) is 13.2 Å². The van der Waals surface area contributed by atoms with E-state index in [1.165, 1.54) is 24.3 Å². The molecule has 0 N–H and O–H groups in total. The number of rotatable bonds is 6.